The van der Waals surface area contributed by atoms with Gasteiger partial charge in [0.05, 0.1) is 10.4 Å². The monoisotopic (exact) mass is 404 g/mol. The normalized spacial score (nSPS) is 16.0. The summed E-state index contributed by atoms with van der Waals surface area (Å²) >= 11 is 1.40. The van der Waals surface area contributed by atoms with Crippen molar-refractivity contribution in [3.63, 3.8) is 0 Å². The highest BCUT2D eigenvalue weighted by Gasteiger charge is 2.39. The molecular weight excluding hydrogens is 384 g/mol. The molecule has 1 aliphatic carbocycles. The first-order chi connectivity index (χ1) is 12.6. The number of aromatic nitrogens is 2. The van der Waals surface area contributed by atoms with Crippen molar-refractivity contribution >= 4 is 29.7 Å². The molecule has 27 heavy (non-hydrogen) atoms. The number of hydrogen-bond donors (Lipinski definition) is 2. The van der Waals surface area contributed by atoms with E-state index in [1.54, 1.807) is 6.07 Å². The van der Waals surface area contributed by atoms with E-state index in [1.807, 2.05) is 41.8 Å². The van der Waals surface area contributed by atoms with Crippen LogP contribution in [0.25, 0.3) is 0 Å². The van der Waals surface area contributed by atoms with Crippen LogP contribution < -0.4 is 11.1 Å². The molecule has 0 saturated heterocycles. The van der Waals surface area contributed by atoms with Crippen LogP contribution in [0.3, 0.4) is 0 Å². The van der Waals surface area contributed by atoms with E-state index in [4.69, 9.17) is 10.3 Å². The predicted octanol–water partition coefficient (Wildman–Crippen LogP) is 3.60. The Bertz CT molecular complexity index is 878. The lowest BCUT2D eigenvalue weighted by molar-refractivity contribution is 0.0932. The first-order valence-corrected chi connectivity index (χ1v) is 9.53. The zero-order valence-corrected chi connectivity index (χ0v) is 16.3. The zero-order chi connectivity index (χ0) is 18.0. The molecule has 1 fully saturated rings. The summed E-state index contributed by atoms with van der Waals surface area (Å²) in [5.41, 5.74) is 6.89. The third kappa shape index (κ3) is 4.21. The lowest BCUT2D eigenvalue weighted by Gasteiger charge is -2.34. The fraction of sp³-hybridized carbons (Fsp3) is 0.316. The second kappa shape index (κ2) is 8.21. The van der Waals surface area contributed by atoms with Crippen LogP contribution in [0.2, 0.25) is 0 Å². The second-order valence-corrected chi connectivity index (χ2v) is 7.61. The molecule has 1 aromatic carbocycles. The van der Waals surface area contributed by atoms with Crippen molar-refractivity contribution in [3.05, 3.63) is 70.0 Å². The molecule has 0 spiro atoms. The molecule has 4 rings (SSSR count). The van der Waals surface area contributed by atoms with Gasteiger partial charge in [0.25, 0.3) is 5.91 Å². The molecular formula is C19H21ClN4O2S. The summed E-state index contributed by atoms with van der Waals surface area (Å²) in [6.07, 6.45) is 3.36. The van der Waals surface area contributed by atoms with Crippen LogP contribution in [0, 0.1) is 0 Å². The molecule has 0 aliphatic heterocycles. The second-order valence-electron chi connectivity index (χ2n) is 6.66. The maximum absolute atomic E-state index is 12.5. The molecule has 0 radical (unpaired) electrons. The van der Waals surface area contributed by atoms with Gasteiger partial charge in [0.1, 0.15) is 6.04 Å². The Kier molecular flexibility index (Phi) is 5.94. The standard InChI is InChI=1S/C19H20N4O2S.ClH/c20-19(9-5-10-19)18-22-17(25-23-18)14(12-13-6-2-1-3-7-13)21-16(24)15-8-4-11-26-15;/h1-4,6-8,11,14H,5,9-10,12,20H2,(H,21,24);1H. The number of rotatable bonds is 6. The van der Waals surface area contributed by atoms with Gasteiger partial charge in [-0.1, -0.05) is 41.6 Å². The molecule has 142 valence electrons. The zero-order valence-electron chi connectivity index (χ0n) is 14.6. The highest BCUT2D eigenvalue weighted by Crippen LogP contribution is 2.37. The van der Waals surface area contributed by atoms with Crippen molar-refractivity contribution in [2.45, 2.75) is 37.3 Å². The van der Waals surface area contributed by atoms with Crippen LogP contribution in [-0.2, 0) is 12.0 Å². The van der Waals surface area contributed by atoms with E-state index in [0.717, 1.165) is 24.8 Å². The average molecular weight is 405 g/mol. The van der Waals surface area contributed by atoms with Crippen molar-refractivity contribution in [2.24, 2.45) is 5.73 Å². The van der Waals surface area contributed by atoms with Crippen LogP contribution in [-0.4, -0.2) is 16.0 Å². The summed E-state index contributed by atoms with van der Waals surface area (Å²) in [6.45, 7) is 0. The first kappa shape index (κ1) is 19.5. The molecule has 0 bridgehead atoms. The molecule has 1 unspecified atom stereocenters. The minimum Gasteiger partial charge on any atom is -0.339 e. The smallest absolute Gasteiger partial charge is 0.262 e. The number of amides is 1. The molecule has 1 amide bonds. The Balaban J connectivity index is 0.00000210. The van der Waals surface area contributed by atoms with Crippen molar-refractivity contribution in [3.8, 4) is 0 Å². The number of thiophene rings is 1. The third-order valence-corrected chi connectivity index (χ3v) is 5.63. The van der Waals surface area contributed by atoms with Crippen molar-refractivity contribution < 1.29 is 9.32 Å². The van der Waals surface area contributed by atoms with Crippen LogP contribution in [0.15, 0.2) is 52.4 Å². The van der Waals surface area contributed by atoms with Gasteiger partial charge in [0.15, 0.2) is 5.82 Å². The van der Waals surface area contributed by atoms with Crippen LogP contribution in [0.1, 0.15) is 52.3 Å². The van der Waals surface area contributed by atoms with Gasteiger partial charge in [0, 0.05) is 6.42 Å². The van der Waals surface area contributed by atoms with E-state index < -0.39 is 11.6 Å². The van der Waals surface area contributed by atoms with Gasteiger partial charge < -0.3 is 15.6 Å². The molecule has 6 nitrogen and oxygen atoms in total. The summed E-state index contributed by atoms with van der Waals surface area (Å²) in [7, 11) is 0. The summed E-state index contributed by atoms with van der Waals surface area (Å²) in [4.78, 5) is 17.7. The topological polar surface area (TPSA) is 94.0 Å². The van der Waals surface area contributed by atoms with E-state index in [2.05, 4.69) is 15.5 Å². The first-order valence-electron chi connectivity index (χ1n) is 8.65. The van der Waals surface area contributed by atoms with Crippen LogP contribution >= 0.6 is 23.7 Å². The van der Waals surface area contributed by atoms with Gasteiger partial charge >= 0.3 is 0 Å². The molecule has 1 atom stereocenters. The fourth-order valence-electron chi connectivity index (χ4n) is 3.05. The molecule has 1 saturated carbocycles. The van der Waals surface area contributed by atoms with Crippen molar-refractivity contribution in [2.75, 3.05) is 0 Å². The Morgan fingerprint density at radius 1 is 1.26 bits per heavy atom. The number of carbonyl (C=O) groups excluding carboxylic acids is 1. The highest BCUT2D eigenvalue weighted by atomic mass is 35.5. The largest absolute Gasteiger partial charge is 0.339 e. The van der Waals surface area contributed by atoms with E-state index in [0.29, 0.717) is 23.0 Å². The van der Waals surface area contributed by atoms with Gasteiger partial charge in [-0.2, -0.15) is 4.98 Å². The maximum atomic E-state index is 12.5. The van der Waals surface area contributed by atoms with Crippen LogP contribution in [0.5, 0.6) is 0 Å². The average Bonchev–Trinajstić information content (AvgIpc) is 3.32. The SMILES string of the molecule is Cl.NC1(c2noc(C(Cc3ccccc3)NC(=O)c3cccs3)n2)CCC1. The number of nitrogens with two attached hydrogens (primary N) is 1. The Morgan fingerprint density at radius 2 is 2.04 bits per heavy atom. The number of halogens is 1. The fourth-order valence-corrected chi connectivity index (χ4v) is 3.67. The van der Waals surface area contributed by atoms with Gasteiger partial charge in [0.2, 0.25) is 5.89 Å². The van der Waals surface area contributed by atoms with Gasteiger partial charge in [-0.15, -0.1) is 23.7 Å². The van der Waals surface area contributed by atoms with E-state index in [1.165, 1.54) is 11.3 Å². The molecule has 3 N–H and O–H groups in total. The lowest BCUT2D eigenvalue weighted by atomic mass is 9.77. The Labute approximate surface area is 167 Å². The van der Waals surface area contributed by atoms with E-state index in [9.17, 15) is 4.79 Å². The Hall–Kier alpha value is -2.22. The molecule has 2 aromatic heterocycles. The molecule has 2 heterocycles. The van der Waals surface area contributed by atoms with Gasteiger partial charge in [-0.25, -0.2) is 0 Å². The molecule has 3 aromatic rings. The van der Waals surface area contributed by atoms with Crippen molar-refractivity contribution in [1.82, 2.24) is 15.5 Å². The number of benzene rings is 1. The minimum atomic E-state index is -0.489. The van der Waals surface area contributed by atoms with E-state index >= 15 is 0 Å². The van der Waals surface area contributed by atoms with Gasteiger partial charge in [-0.05, 0) is 36.3 Å². The van der Waals surface area contributed by atoms with Crippen LogP contribution in [0.4, 0.5) is 0 Å². The maximum Gasteiger partial charge on any atom is 0.262 e. The summed E-state index contributed by atoms with van der Waals surface area (Å²) in [6, 6.07) is 13.2. The quantitative estimate of drug-likeness (QED) is 0.654. The summed E-state index contributed by atoms with van der Waals surface area (Å²) in [5, 5.41) is 8.98. The molecule has 1 aliphatic rings. The summed E-state index contributed by atoms with van der Waals surface area (Å²) < 4.78 is 5.49. The minimum absolute atomic E-state index is 0. The highest BCUT2D eigenvalue weighted by molar-refractivity contribution is 7.12. The number of nitrogens with one attached hydrogen (secondary N) is 1. The lowest BCUT2D eigenvalue weighted by Crippen LogP contribution is -2.44. The number of nitrogens with zero attached hydrogens (tertiary/aromatic N) is 2. The third-order valence-electron chi connectivity index (χ3n) is 4.76. The van der Waals surface area contributed by atoms with Crippen molar-refractivity contribution in [1.29, 1.82) is 0 Å². The Morgan fingerprint density at radius 3 is 2.67 bits per heavy atom. The van der Waals surface area contributed by atoms with E-state index in [-0.39, 0.29) is 18.3 Å². The van der Waals surface area contributed by atoms with Gasteiger partial charge in [-0.3, -0.25) is 4.79 Å². The number of carbonyl (C=O) groups is 1. The molecule has 8 heteroatoms. The summed E-state index contributed by atoms with van der Waals surface area (Å²) in [5.74, 6) is 0.777. The number of hydrogen-bond acceptors (Lipinski definition) is 6. The predicted molar refractivity (Wildman–Crippen MR) is 106 cm³/mol.